The fourth-order valence-electron chi connectivity index (χ4n) is 9.05. The van der Waals surface area contributed by atoms with Crippen LogP contribution in [0.4, 0.5) is 17.1 Å². The maximum Gasteiger partial charge on any atom is 0.0713 e. The SMILES string of the molecule is c1ccc(-c2ccc(N(c3ccc(C4(c5ccccc5)c5ccccc5-c5ccccc54)cc3)c3ccc4cc5c(cc4c3)sc3ccccc35)cc2)cc1. The lowest BCUT2D eigenvalue weighted by molar-refractivity contribution is 0.768. The predicted octanol–water partition coefficient (Wildman–Crippen LogP) is 14.7. The molecule has 1 heterocycles. The lowest BCUT2D eigenvalue weighted by atomic mass is 9.68. The van der Waals surface area contributed by atoms with Crippen LogP contribution in [0.25, 0.3) is 53.2 Å². The van der Waals surface area contributed by atoms with Crippen molar-refractivity contribution in [1.82, 2.24) is 0 Å². The summed E-state index contributed by atoms with van der Waals surface area (Å²) in [6.07, 6.45) is 0. The van der Waals surface area contributed by atoms with Gasteiger partial charge in [-0.15, -0.1) is 11.3 Å². The van der Waals surface area contributed by atoms with Gasteiger partial charge in [0.25, 0.3) is 0 Å². The quantitative estimate of drug-likeness (QED) is 0.166. The molecule has 2 heteroatoms. The topological polar surface area (TPSA) is 3.24 Å². The molecule has 0 spiro atoms. The first-order chi connectivity index (χ1) is 27.3. The minimum Gasteiger partial charge on any atom is -0.310 e. The molecule has 0 unspecified atom stereocenters. The van der Waals surface area contributed by atoms with Gasteiger partial charge in [-0.25, -0.2) is 0 Å². The van der Waals surface area contributed by atoms with Crippen LogP contribution in [0.15, 0.2) is 212 Å². The maximum atomic E-state index is 2.40. The number of nitrogens with zero attached hydrogens (tertiary/aromatic N) is 1. The van der Waals surface area contributed by atoms with Crippen LogP contribution in [-0.4, -0.2) is 0 Å². The fraction of sp³-hybridized carbons (Fsp3) is 0.0189. The van der Waals surface area contributed by atoms with Gasteiger partial charge < -0.3 is 4.90 Å². The molecule has 0 atom stereocenters. The van der Waals surface area contributed by atoms with Crippen molar-refractivity contribution in [2.75, 3.05) is 4.90 Å². The highest BCUT2D eigenvalue weighted by Crippen LogP contribution is 2.56. The zero-order valence-corrected chi connectivity index (χ0v) is 30.9. The van der Waals surface area contributed by atoms with Gasteiger partial charge in [0, 0.05) is 37.2 Å². The molecule has 0 saturated heterocycles. The van der Waals surface area contributed by atoms with Crippen LogP contribution < -0.4 is 4.90 Å². The van der Waals surface area contributed by atoms with E-state index in [0.717, 1.165) is 17.1 Å². The number of rotatable bonds is 6. The zero-order valence-electron chi connectivity index (χ0n) is 30.1. The van der Waals surface area contributed by atoms with Crippen LogP contribution in [0.2, 0.25) is 0 Å². The van der Waals surface area contributed by atoms with Gasteiger partial charge in [0.15, 0.2) is 0 Å². The molecule has 258 valence electrons. The molecule has 0 aliphatic heterocycles. The van der Waals surface area contributed by atoms with Gasteiger partial charge in [-0.3, -0.25) is 0 Å². The third-order valence-electron chi connectivity index (χ3n) is 11.5. The molecule has 55 heavy (non-hydrogen) atoms. The minimum absolute atomic E-state index is 0.437. The lowest BCUT2D eigenvalue weighted by Crippen LogP contribution is -2.28. The molecule has 0 saturated carbocycles. The van der Waals surface area contributed by atoms with Gasteiger partial charge in [-0.05, 0) is 110 Å². The second-order valence-electron chi connectivity index (χ2n) is 14.5. The van der Waals surface area contributed by atoms with E-state index in [0.29, 0.717) is 0 Å². The van der Waals surface area contributed by atoms with Crippen molar-refractivity contribution in [2.45, 2.75) is 5.41 Å². The summed E-state index contributed by atoms with van der Waals surface area (Å²) in [5.41, 5.74) is 13.1. The lowest BCUT2D eigenvalue weighted by Gasteiger charge is -2.34. The Kier molecular flexibility index (Phi) is 7.33. The van der Waals surface area contributed by atoms with Crippen molar-refractivity contribution in [3.63, 3.8) is 0 Å². The second-order valence-corrected chi connectivity index (χ2v) is 15.6. The number of fused-ring (bicyclic) bond motifs is 7. The zero-order chi connectivity index (χ0) is 36.3. The Morgan fingerprint density at radius 1 is 0.345 bits per heavy atom. The standard InChI is InChI=1S/C53H35NS/c1-3-13-36(14-4-1)37-23-28-42(29-24-37)54(44-30-25-38-34-48-47-19-9-12-22-51(47)55-52(48)35-39(38)33-44)43-31-26-41(27-32-43)53(40-15-5-2-6-16-40)49-20-10-7-17-45(49)46-18-8-11-21-50(46)53/h1-35H. The van der Waals surface area contributed by atoms with Gasteiger partial charge in [-0.2, -0.15) is 0 Å². The molecule has 0 amide bonds. The van der Waals surface area contributed by atoms with Crippen LogP contribution in [0.3, 0.4) is 0 Å². The van der Waals surface area contributed by atoms with Crippen LogP contribution in [0.1, 0.15) is 22.3 Å². The Labute approximate surface area is 325 Å². The van der Waals surface area contributed by atoms with E-state index >= 15 is 0 Å². The van der Waals surface area contributed by atoms with E-state index in [-0.39, 0.29) is 0 Å². The highest BCUT2D eigenvalue weighted by molar-refractivity contribution is 7.25. The smallest absolute Gasteiger partial charge is 0.0713 e. The van der Waals surface area contributed by atoms with Crippen LogP contribution in [0, 0.1) is 0 Å². The Hall–Kier alpha value is -6.74. The monoisotopic (exact) mass is 717 g/mol. The Bertz CT molecular complexity index is 2970. The van der Waals surface area contributed by atoms with E-state index in [9.17, 15) is 0 Å². The van der Waals surface area contributed by atoms with E-state index in [1.54, 1.807) is 0 Å². The van der Waals surface area contributed by atoms with Gasteiger partial charge in [0.1, 0.15) is 0 Å². The number of hydrogen-bond donors (Lipinski definition) is 0. The second kappa shape index (κ2) is 12.7. The molecule has 0 N–H and O–H groups in total. The first kappa shape index (κ1) is 31.8. The van der Waals surface area contributed by atoms with E-state index in [4.69, 9.17) is 0 Å². The molecule has 0 fully saturated rings. The van der Waals surface area contributed by atoms with Crippen molar-refractivity contribution in [2.24, 2.45) is 0 Å². The fourth-order valence-corrected chi connectivity index (χ4v) is 10.2. The molecule has 1 aliphatic carbocycles. The summed E-state index contributed by atoms with van der Waals surface area (Å²) in [7, 11) is 0. The average Bonchev–Trinajstić information content (AvgIpc) is 3.77. The van der Waals surface area contributed by atoms with E-state index < -0.39 is 5.41 Å². The van der Waals surface area contributed by atoms with Gasteiger partial charge in [0.2, 0.25) is 0 Å². The van der Waals surface area contributed by atoms with Crippen molar-refractivity contribution in [1.29, 1.82) is 0 Å². The average molecular weight is 718 g/mol. The van der Waals surface area contributed by atoms with Crippen LogP contribution in [0.5, 0.6) is 0 Å². The Morgan fingerprint density at radius 3 is 1.60 bits per heavy atom. The molecule has 0 bridgehead atoms. The van der Waals surface area contributed by atoms with Gasteiger partial charge >= 0.3 is 0 Å². The summed E-state index contributed by atoms with van der Waals surface area (Å²) in [5.74, 6) is 0. The van der Waals surface area contributed by atoms with Crippen molar-refractivity contribution in [3.05, 3.63) is 235 Å². The molecule has 0 radical (unpaired) electrons. The van der Waals surface area contributed by atoms with Crippen molar-refractivity contribution < 1.29 is 0 Å². The van der Waals surface area contributed by atoms with E-state index in [1.807, 2.05) is 11.3 Å². The number of hydrogen-bond acceptors (Lipinski definition) is 2. The minimum atomic E-state index is -0.437. The van der Waals surface area contributed by atoms with Crippen LogP contribution in [-0.2, 0) is 5.41 Å². The van der Waals surface area contributed by atoms with Crippen molar-refractivity contribution >= 4 is 59.3 Å². The highest BCUT2D eigenvalue weighted by Gasteiger charge is 2.45. The maximum absolute atomic E-state index is 2.40. The first-order valence-electron chi connectivity index (χ1n) is 18.9. The Morgan fingerprint density at radius 2 is 0.891 bits per heavy atom. The van der Waals surface area contributed by atoms with E-state index in [2.05, 4.69) is 217 Å². The molecule has 11 rings (SSSR count). The Balaban J connectivity index is 1.08. The number of thiophene rings is 1. The normalized spacial score (nSPS) is 12.9. The summed E-state index contributed by atoms with van der Waals surface area (Å²) < 4.78 is 2.64. The summed E-state index contributed by atoms with van der Waals surface area (Å²) >= 11 is 1.87. The molecular formula is C53H35NS. The molecule has 10 aromatic rings. The number of anilines is 3. The third kappa shape index (κ3) is 4.99. The third-order valence-corrected chi connectivity index (χ3v) is 12.7. The highest BCUT2D eigenvalue weighted by atomic mass is 32.1. The largest absolute Gasteiger partial charge is 0.310 e. The number of benzene rings is 9. The first-order valence-corrected chi connectivity index (χ1v) is 19.7. The van der Waals surface area contributed by atoms with E-state index in [1.165, 1.54) is 75.5 Å². The molecule has 1 aliphatic rings. The van der Waals surface area contributed by atoms with Crippen molar-refractivity contribution in [3.8, 4) is 22.3 Å². The molecule has 1 nitrogen and oxygen atoms in total. The predicted molar refractivity (Wildman–Crippen MR) is 234 cm³/mol. The molecular weight excluding hydrogens is 683 g/mol. The summed E-state index contributed by atoms with van der Waals surface area (Å²) in [4.78, 5) is 2.40. The van der Waals surface area contributed by atoms with Crippen LogP contribution >= 0.6 is 11.3 Å². The summed E-state index contributed by atoms with van der Waals surface area (Å²) in [6, 6.07) is 78.2. The van der Waals surface area contributed by atoms with Gasteiger partial charge in [0.05, 0.1) is 5.41 Å². The summed E-state index contributed by atoms with van der Waals surface area (Å²) in [5, 5.41) is 5.14. The molecule has 1 aromatic heterocycles. The summed E-state index contributed by atoms with van der Waals surface area (Å²) in [6.45, 7) is 0. The van der Waals surface area contributed by atoms with Gasteiger partial charge in [-0.1, -0.05) is 158 Å². The molecule has 9 aromatic carbocycles.